The summed E-state index contributed by atoms with van der Waals surface area (Å²) in [6.07, 6.45) is 5.08. The summed E-state index contributed by atoms with van der Waals surface area (Å²) in [6, 6.07) is 0. The molecule has 0 aromatic rings. The van der Waals surface area contributed by atoms with E-state index < -0.39 is 11.5 Å². The van der Waals surface area contributed by atoms with Crippen molar-refractivity contribution in [1.29, 1.82) is 0 Å². The van der Waals surface area contributed by atoms with Crippen LogP contribution in [0.2, 0.25) is 0 Å². The van der Waals surface area contributed by atoms with Crippen molar-refractivity contribution < 1.29 is 18.3 Å². The second kappa shape index (κ2) is 11.3. The molecule has 5 heteroatoms. The van der Waals surface area contributed by atoms with Crippen LogP contribution in [0.1, 0.15) is 86.0 Å². The molecule has 2 nitrogen and oxygen atoms in total. The Balaban J connectivity index is 4.23. The van der Waals surface area contributed by atoms with Crippen LogP contribution in [0.25, 0.3) is 0 Å². The first-order valence-corrected chi connectivity index (χ1v) is 9.88. The average molecular weight is 353 g/mol. The fourth-order valence-corrected chi connectivity index (χ4v) is 3.28. The molecule has 0 aliphatic carbocycles. The van der Waals surface area contributed by atoms with Gasteiger partial charge in [0.2, 0.25) is 5.92 Å². The van der Waals surface area contributed by atoms with E-state index in [0.29, 0.717) is 12.8 Å². The van der Waals surface area contributed by atoms with Gasteiger partial charge in [0.1, 0.15) is 10.9 Å². The Morgan fingerprint density at radius 2 is 1.74 bits per heavy atom. The largest absolute Gasteiger partial charge is 0.459 e. The van der Waals surface area contributed by atoms with E-state index in [4.69, 9.17) is 4.74 Å². The van der Waals surface area contributed by atoms with Crippen LogP contribution < -0.4 is 0 Å². The van der Waals surface area contributed by atoms with E-state index in [1.54, 1.807) is 11.8 Å². The fourth-order valence-electron chi connectivity index (χ4n) is 2.10. The molecule has 0 bridgehead atoms. The summed E-state index contributed by atoms with van der Waals surface area (Å²) in [5, 5.41) is -0.174. The number of hydrogen-bond donors (Lipinski definition) is 0. The minimum Gasteiger partial charge on any atom is -0.459 e. The number of alkyl halides is 2. The highest BCUT2D eigenvalue weighted by atomic mass is 32.2. The van der Waals surface area contributed by atoms with Crippen molar-refractivity contribution in [2.24, 2.45) is 0 Å². The van der Waals surface area contributed by atoms with E-state index in [9.17, 15) is 13.6 Å². The molecule has 0 saturated heterocycles. The average Bonchev–Trinajstić information content (AvgIpc) is 2.43. The van der Waals surface area contributed by atoms with Gasteiger partial charge in [0, 0.05) is 12.8 Å². The number of unbranched alkanes of at least 4 members (excludes halogenated alkanes) is 3. The molecular formula is C18H34F2O2S. The van der Waals surface area contributed by atoms with E-state index >= 15 is 0 Å². The lowest BCUT2D eigenvalue weighted by Crippen LogP contribution is -2.30. The van der Waals surface area contributed by atoms with E-state index in [1.165, 1.54) is 6.92 Å². The predicted octanol–water partition coefficient (Wildman–Crippen LogP) is 6.23. The molecule has 0 heterocycles. The van der Waals surface area contributed by atoms with Gasteiger partial charge in [-0.25, -0.2) is 8.78 Å². The molecule has 0 spiro atoms. The second-order valence-corrected chi connectivity index (χ2v) is 8.37. The number of hydrogen-bond acceptors (Lipinski definition) is 3. The molecule has 0 radical (unpaired) electrons. The van der Waals surface area contributed by atoms with Crippen molar-refractivity contribution in [3.05, 3.63) is 0 Å². The molecule has 1 unspecified atom stereocenters. The zero-order valence-corrected chi connectivity index (χ0v) is 16.2. The molecular weight excluding hydrogens is 318 g/mol. The minimum absolute atomic E-state index is 0.0585. The van der Waals surface area contributed by atoms with Gasteiger partial charge >= 0.3 is 5.97 Å². The lowest BCUT2D eigenvalue weighted by Gasteiger charge is -2.24. The molecule has 1 atom stereocenters. The van der Waals surface area contributed by atoms with Gasteiger partial charge in [-0.05, 0) is 45.8 Å². The Labute approximate surface area is 145 Å². The molecule has 0 aliphatic rings. The summed E-state index contributed by atoms with van der Waals surface area (Å²) in [6.45, 7) is 9.24. The fraction of sp³-hybridized carbons (Fsp3) is 0.944. The third kappa shape index (κ3) is 12.7. The Morgan fingerprint density at radius 1 is 1.09 bits per heavy atom. The first kappa shape index (κ1) is 22.7. The SMILES string of the molecule is CCCCCC(SCCCCC(F)(F)CC)C(=O)OC(C)(C)C. The van der Waals surface area contributed by atoms with Crippen molar-refractivity contribution >= 4 is 17.7 Å². The Hall–Kier alpha value is -0.320. The smallest absolute Gasteiger partial charge is 0.319 e. The summed E-state index contributed by atoms with van der Waals surface area (Å²) in [5.74, 6) is -1.98. The minimum atomic E-state index is -2.55. The standard InChI is InChI=1S/C18H34F2O2S/c1-6-8-9-12-15(16(21)22-17(3,4)5)23-14-11-10-13-18(19,20)7-2/h15H,6-14H2,1-5H3. The molecule has 0 N–H and O–H groups in total. The topological polar surface area (TPSA) is 26.3 Å². The molecule has 0 amide bonds. The lowest BCUT2D eigenvalue weighted by atomic mass is 10.1. The van der Waals surface area contributed by atoms with Crippen LogP contribution in [0.4, 0.5) is 8.78 Å². The van der Waals surface area contributed by atoms with Crippen LogP contribution in [0.15, 0.2) is 0 Å². The van der Waals surface area contributed by atoms with E-state index in [1.807, 2.05) is 20.8 Å². The molecule has 0 aromatic heterocycles. The molecule has 0 rings (SSSR count). The molecule has 0 aliphatic heterocycles. The normalized spacial score (nSPS) is 13.9. The Bertz CT molecular complexity index is 327. The number of thioether (sulfide) groups is 1. The molecule has 138 valence electrons. The van der Waals surface area contributed by atoms with Gasteiger partial charge in [-0.15, -0.1) is 11.8 Å². The second-order valence-electron chi connectivity index (χ2n) is 7.06. The van der Waals surface area contributed by atoms with E-state index in [-0.39, 0.29) is 24.1 Å². The zero-order chi connectivity index (χ0) is 17.9. The van der Waals surface area contributed by atoms with Crippen LogP contribution in [0, 0.1) is 0 Å². The number of esters is 1. The third-order valence-corrected chi connectivity index (χ3v) is 4.87. The molecule has 23 heavy (non-hydrogen) atoms. The van der Waals surface area contributed by atoms with E-state index in [0.717, 1.165) is 31.4 Å². The third-order valence-electron chi connectivity index (χ3n) is 3.51. The number of carbonyl (C=O) groups is 1. The van der Waals surface area contributed by atoms with Gasteiger partial charge in [-0.2, -0.15) is 0 Å². The zero-order valence-electron chi connectivity index (χ0n) is 15.4. The van der Waals surface area contributed by atoms with Crippen molar-refractivity contribution in [2.75, 3.05) is 5.75 Å². The first-order chi connectivity index (χ1) is 10.6. The molecule has 0 aromatic carbocycles. The summed E-state index contributed by atoms with van der Waals surface area (Å²) >= 11 is 1.56. The molecule has 0 saturated carbocycles. The molecule has 0 fully saturated rings. The van der Waals surface area contributed by atoms with E-state index in [2.05, 4.69) is 6.92 Å². The maximum atomic E-state index is 13.2. The number of ether oxygens (including phenoxy) is 1. The highest BCUT2D eigenvalue weighted by molar-refractivity contribution is 8.00. The monoisotopic (exact) mass is 352 g/mol. The lowest BCUT2D eigenvalue weighted by molar-refractivity contribution is -0.154. The summed E-state index contributed by atoms with van der Waals surface area (Å²) in [7, 11) is 0. The maximum Gasteiger partial charge on any atom is 0.319 e. The Morgan fingerprint density at radius 3 is 2.26 bits per heavy atom. The Kier molecular flexibility index (Phi) is 11.1. The highest BCUT2D eigenvalue weighted by Crippen LogP contribution is 2.27. The van der Waals surface area contributed by atoms with Crippen molar-refractivity contribution in [2.45, 2.75) is 103 Å². The quantitative estimate of drug-likeness (QED) is 0.308. The van der Waals surface area contributed by atoms with Crippen molar-refractivity contribution in [3.8, 4) is 0 Å². The predicted molar refractivity (Wildman–Crippen MR) is 95.3 cm³/mol. The number of rotatable bonds is 12. The first-order valence-electron chi connectivity index (χ1n) is 8.83. The maximum absolute atomic E-state index is 13.2. The van der Waals surface area contributed by atoms with Crippen LogP contribution in [-0.2, 0) is 9.53 Å². The summed E-state index contributed by atoms with van der Waals surface area (Å²) in [5.41, 5.74) is -0.482. The van der Waals surface area contributed by atoms with Crippen LogP contribution in [-0.4, -0.2) is 28.5 Å². The van der Waals surface area contributed by atoms with Crippen LogP contribution >= 0.6 is 11.8 Å². The van der Waals surface area contributed by atoms with Crippen molar-refractivity contribution in [1.82, 2.24) is 0 Å². The van der Waals surface area contributed by atoms with Gasteiger partial charge in [-0.1, -0.05) is 33.1 Å². The van der Waals surface area contributed by atoms with Gasteiger partial charge < -0.3 is 4.74 Å². The summed E-state index contributed by atoms with van der Waals surface area (Å²) in [4.78, 5) is 12.3. The van der Waals surface area contributed by atoms with Gasteiger partial charge in [0.15, 0.2) is 0 Å². The van der Waals surface area contributed by atoms with Gasteiger partial charge in [-0.3, -0.25) is 4.79 Å². The van der Waals surface area contributed by atoms with Gasteiger partial charge in [0.05, 0.1) is 0 Å². The van der Waals surface area contributed by atoms with Crippen molar-refractivity contribution in [3.63, 3.8) is 0 Å². The van der Waals surface area contributed by atoms with Crippen LogP contribution in [0.3, 0.4) is 0 Å². The van der Waals surface area contributed by atoms with Gasteiger partial charge in [0.25, 0.3) is 0 Å². The summed E-state index contributed by atoms with van der Waals surface area (Å²) < 4.78 is 31.8. The highest BCUT2D eigenvalue weighted by Gasteiger charge is 2.26. The number of halogens is 2. The van der Waals surface area contributed by atoms with Crippen LogP contribution in [0.5, 0.6) is 0 Å². The number of carbonyl (C=O) groups excluding carboxylic acids is 1.